The van der Waals surface area contributed by atoms with Gasteiger partial charge in [-0.3, -0.25) is 9.36 Å². The number of hydrogen-bond acceptors (Lipinski definition) is 3. The van der Waals surface area contributed by atoms with E-state index < -0.39 is 0 Å². The summed E-state index contributed by atoms with van der Waals surface area (Å²) in [6, 6.07) is 17.4. The van der Waals surface area contributed by atoms with E-state index in [9.17, 15) is 9.59 Å². The van der Waals surface area contributed by atoms with E-state index in [4.69, 9.17) is 0 Å². The SMILES string of the molecule is CCC(=O)N1CCC(CCCN2CCC(n3c(=O)[nH]c4ccc(C)cc43)CC2)(c2ccccc2)CC1. The molecule has 5 rings (SSSR count). The van der Waals surface area contributed by atoms with Crippen LogP contribution >= 0.6 is 0 Å². The lowest BCUT2D eigenvalue weighted by Gasteiger charge is -2.43. The highest BCUT2D eigenvalue weighted by Crippen LogP contribution is 2.40. The molecule has 6 nitrogen and oxygen atoms in total. The molecular formula is C30H40N4O2. The van der Waals surface area contributed by atoms with Crippen LogP contribution in [0.5, 0.6) is 0 Å². The molecule has 192 valence electrons. The summed E-state index contributed by atoms with van der Waals surface area (Å²) >= 11 is 0. The Morgan fingerprint density at radius 2 is 1.75 bits per heavy atom. The van der Waals surface area contributed by atoms with Gasteiger partial charge in [0.25, 0.3) is 0 Å². The number of likely N-dealkylation sites (tertiary alicyclic amines) is 2. The van der Waals surface area contributed by atoms with Gasteiger partial charge < -0.3 is 14.8 Å². The van der Waals surface area contributed by atoms with Crippen LogP contribution < -0.4 is 5.69 Å². The zero-order valence-corrected chi connectivity index (χ0v) is 21.8. The highest BCUT2D eigenvalue weighted by atomic mass is 16.2. The van der Waals surface area contributed by atoms with Crippen LogP contribution in [0.3, 0.4) is 0 Å². The second kappa shape index (κ2) is 10.6. The van der Waals surface area contributed by atoms with E-state index in [1.807, 2.05) is 17.6 Å². The van der Waals surface area contributed by atoms with Gasteiger partial charge in [-0.1, -0.05) is 43.3 Å². The van der Waals surface area contributed by atoms with Crippen molar-refractivity contribution in [2.24, 2.45) is 0 Å². The predicted molar refractivity (Wildman–Crippen MR) is 145 cm³/mol. The van der Waals surface area contributed by atoms with Crippen LogP contribution in [-0.4, -0.2) is 58.0 Å². The van der Waals surface area contributed by atoms with Gasteiger partial charge in [-0.15, -0.1) is 0 Å². The molecule has 0 radical (unpaired) electrons. The molecule has 0 atom stereocenters. The maximum Gasteiger partial charge on any atom is 0.326 e. The van der Waals surface area contributed by atoms with E-state index >= 15 is 0 Å². The first-order valence-electron chi connectivity index (χ1n) is 13.8. The second-order valence-corrected chi connectivity index (χ2v) is 10.9. The lowest BCUT2D eigenvalue weighted by molar-refractivity contribution is -0.132. The zero-order valence-electron chi connectivity index (χ0n) is 21.8. The maximum absolute atomic E-state index is 12.7. The van der Waals surface area contributed by atoms with Gasteiger partial charge in [0.05, 0.1) is 11.0 Å². The largest absolute Gasteiger partial charge is 0.343 e. The fourth-order valence-electron chi connectivity index (χ4n) is 6.52. The van der Waals surface area contributed by atoms with E-state index in [1.54, 1.807) is 0 Å². The van der Waals surface area contributed by atoms with Crippen LogP contribution in [0.2, 0.25) is 0 Å². The van der Waals surface area contributed by atoms with E-state index in [0.29, 0.717) is 6.42 Å². The molecule has 1 N–H and O–H groups in total. The molecule has 2 aliphatic heterocycles. The van der Waals surface area contributed by atoms with Crippen molar-refractivity contribution in [2.45, 2.75) is 70.3 Å². The molecule has 0 saturated carbocycles. The summed E-state index contributed by atoms with van der Waals surface area (Å²) in [7, 11) is 0. The van der Waals surface area contributed by atoms with Gasteiger partial charge in [0.15, 0.2) is 0 Å². The van der Waals surface area contributed by atoms with Gasteiger partial charge in [-0.2, -0.15) is 0 Å². The monoisotopic (exact) mass is 488 g/mol. The lowest BCUT2D eigenvalue weighted by atomic mass is 9.69. The Morgan fingerprint density at radius 1 is 1.03 bits per heavy atom. The Bertz CT molecular complexity index is 1230. The number of carbonyl (C=O) groups is 1. The second-order valence-electron chi connectivity index (χ2n) is 10.9. The average molecular weight is 489 g/mol. The maximum atomic E-state index is 12.7. The number of imidazole rings is 1. The molecule has 0 aliphatic carbocycles. The number of H-pyrrole nitrogens is 1. The normalized spacial score (nSPS) is 19.1. The summed E-state index contributed by atoms with van der Waals surface area (Å²) in [5, 5.41) is 0. The summed E-state index contributed by atoms with van der Waals surface area (Å²) in [5.74, 6) is 0.281. The number of piperidine rings is 2. The van der Waals surface area contributed by atoms with Crippen LogP contribution in [0.25, 0.3) is 11.0 Å². The third-order valence-electron chi connectivity index (χ3n) is 8.69. The molecule has 3 heterocycles. The first-order valence-corrected chi connectivity index (χ1v) is 13.8. The summed E-state index contributed by atoms with van der Waals surface area (Å²) in [4.78, 5) is 32.6. The summed E-state index contributed by atoms with van der Waals surface area (Å²) in [6.45, 7) is 8.94. The third-order valence-corrected chi connectivity index (χ3v) is 8.69. The van der Waals surface area contributed by atoms with E-state index in [2.05, 4.69) is 64.2 Å². The summed E-state index contributed by atoms with van der Waals surface area (Å²) in [5.41, 5.74) is 4.78. The summed E-state index contributed by atoms with van der Waals surface area (Å²) < 4.78 is 2.00. The number of aromatic nitrogens is 2. The predicted octanol–water partition coefficient (Wildman–Crippen LogP) is 5.03. The van der Waals surface area contributed by atoms with Gasteiger partial charge >= 0.3 is 5.69 Å². The molecule has 6 heteroatoms. The standard InChI is InChI=1S/C30H40N4O2/c1-3-28(35)33-20-15-30(16-21-33,24-8-5-4-6-9-24)14-7-17-32-18-12-25(13-19-32)34-27-22-23(2)10-11-26(27)31-29(34)36/h4-6,8-11,22,25H,3,7,12-21H2,1-2H3,(H,31,36). The van der Waals surface area contributed by atoms with Crippen molar-refractivity contribution in [3.05, 3.63) is 70.1 Å². The molecule has 0 spiro atoms. The van der Waals surface area contributed by atoms with Crippen molar-refractivity contribution < 1.29 is 4.79 Å². The Hall–Kier alpha value is -2.86. The number of nitrogens with zero attached hydrogens (tertiary/aromatic N) is 3. The highest BCUT2D eigenvalue weighted by molar-refractivity contribution is 5.76. The molecule has 0 bridgehead atoms. The lowest BCUT2D eigenvalue weighted by Crippen LogP contribution is -2.45. The van der Waals surface area contributed by atoms with Gasteiger partial charge in [0.1, 0.15) is 0 Å². The summed E-state index contributed by atoms with van der Waals surface area (Å²) in [6.07, 6.45) is 7.04. The fraction of sp³-hybridized carbons (Fsp3) is 0.533. The van der Waals surface area contributed by atoms with Crippen LogP contribution in [0.4, 0.5) is 0 Å². The number of carbonyl (C=O) groups excluding carboxylic acids is 1. The molecule has 1 amide bonds. The smallest absolute Gasteiger partial charge is 0.326 e. The zero-order chi connectivity index (χ0) is 25.1. The molecule has 0 unspecified atom stereocenters. The van der Waals surface area contributed by atoms with Crippen molar-refractivity contribution in [3.8, 4) is 0 Å². The Kier molecular flexibility index (Phi) is 7.33. The van der Waals surface area contributed by atoms with Gasteiger partial charge in [-0.05, 0) is 80.7 Å². The Morgan fingerprint density at radius 3 is 2.44 bits per heavy atom. The molecule has 2 aliphatic rings. The minimum Gasteiger partial charge on any atom is -0.343 e. The van der Waals surface area contributed by atoms with Crippen LogP contribution in [0, 0.1) is 6.92 Å². The molecule has 2 saturated heterocycles. The molecular weight excluding hydrogens is 448 g/mol. The third kappa shape index (κ3) is 5.01. The van der Waals surface area contributed by atoms with Gasteiger partial charge in [0, 0.05) is 38.6 Å². The molecule has 3 aromatic rings. The van der Waals surface area contributed by atoms with E-state index in [-0.39, 0.29) is 23.1 Å². The van der Waals surface area contributed by atoms with Crippen molar-refractivity contribution in [2.75, 3.05) is 32.7 Å². The number of nitrogens with one attached hydrogen (secondary N) is 1. The number of amides is 1. The number of fused-ring (bicyclic) bond motifs is 1. The first kappa shape index (κ1) is 24.8. The first-order chi connectivity index (χ1) is 17.5. The Labute approximate surface area is 214 Å². The molecule has 36 heavy (non-hydrogen) atoms. The minimum atomic E-state index is 0.0201. The number of benzene rings is 2. The minimum absolute atomic E-state index is 0.0201. The number of aromatic amines is 1. The van der Waals surface area contributed by atoms with Crippen LogP contribution in [0.15, 0.2) is 53.3 Å². The topological polar surface area (TPSA) is 61.3 Å². The van der Waals surface area contributed by atoms with Crippen LogP contribution in [0.1, 0.15) is 69.0 Å². The number of hydrogen-bond donors (Lipinski definition) is 1. The van der Waals surface area contributed by atoms with Crippen molar-refractivity contribution in [1.29, 1.82) is 0 Å². The van der Waals surface area contributed by atoms with Crippen molar-refractivity contribution >= 4 is 16.9 Å². The highest BCUT2D eigenvalue weighted by Gasteiger charge is 2.37. The van der Waals surface area contributed by atoms with Gasteiger partial charge in [-0.25, -0.2) is 4.79 Å². The van der Waals surface area contributed by atoms with Crippen molar-refractivity contribution in [3.63, 3.8) is 0 Å². The van der Waals surface area contributed by atoms with Crippen LogP contribution in [-0.2, 0) is 10.2 Å². The number of rotatable bonds is 7. The number of aryl methyl sites for hydroxylation is 1. The Balaban J connectivity index is 1.19. The molecule has 2 fully saturated rings. The molecule has 1 aromatic heterocycles. The van der Waals surface area contributed by atoms with Crippen molar-refractivity contribution in [1.82, 2.24) is 19.4 Å². The van der Waals surface area contributed by atoms with Gasteiger partial charge in [0.2, 0.25) is 5.91 Å². The van der Waals surface area contributed by atoms with E-state index in [1.165, 1.54) is 11.1 Å². The quantitative estimate of drug-likeness (QED) is 0.508. The molecule has 2 aromatic carbocycles. The average Bonchev–Trinajstić information content (AvgIpc) is 3.24. The van der Waals surface area contributed by atoms with E-state index in [0.717, 1.165) is 82.3 Å². The fourth-order valence-corrected chi connectivity index (χ4v) is 6.52.